The van der Waals surface area contributed by atoms with E-state index in [1.807, 2.05) is 0 Å². The van der Waals surface area contributed by atoms with E-state index in [-0.39, 0.29) is 5.69 Å². The molecular weight excluding hydrogens is 250 g/mol. The van der Waals surface area contributed by atoms with Crippen LogP contribution in [0.4, 0.5) is 11.4 Å². The Bertz CT molecular complexity index is 519. The van der Waals surface area contributed by atoms with Crippen LogP contribution in [-0.2, 0) is 4.79 Å². The van der Waals surface area contributed by atoms with Crippen molar-refractivity contribution in [1.82, 2.24) is 4.98 Å². The monoisotopic (exact) mass is 265 g/mol. The maximum Gasteiger partial charge on any atom is 0.329 e. The molecule has 0 saturated carbocycles. The van der Waals surface area contributed by atoms with Gasteiger partial charge in [0.15, 0.2) is 0 Å². The first kappa shape index (κ1) is 13.3. The molecule has 7 heteroatoms. The molecular formula is C12H15N3O4. The Morgan fingerprint density at radius 2 is 2.42 bits per heavy atom. The highest BCUT2D eigenvalue weighted by atomic mass is 16.6. The fourth-order valence-electron chi connectivity index (χ4n) is 2.72. The van der Waals surface area contributed by atoms with Crippen LogP contribution < -0.4 is 4.90 Å². The van der Waals surface area contributed by atoms with Gasteiger partial charge in [-0.1, -0.05) is 6.92 Å². The number of aromatic nitrogens is 1. The molecule has 0 amide bonds. The summed E-state index contributed by atoms with van der Waals surface area (Å²) in [5, 5.41) is 20.5. The van der Waals surface area contributed by atoms with Gasteiger partial charge in [-0.2, -0.15) is 0 Å². The third kappa shape index (κ3) is 2.00. The molecule has 1 aliphatic heterocycles. The Kier molecular flexibility index (Phi) is 3.37. The highest BCUT2D eigenvalue weighted by Crippen LogP contribution is 2.40. The van der Waals surface area contributed by atoms with Gasteiger partial charge in [0.1, 0.15) is 17.4 Å². The summed E-state index contributed by atoms with van der Waals surface area (Å²) in [6.45, 7) is 2.30. The zero-order valence-corrected chi connectivity index (χ0v) is 10.6. The van der Waals surface area contributed by atoms with Gasteiger partial charge in [0.2, 0.25) is 0 Å². The molecule has 2 rings (SSSR count). The van der Waals surface area contributed by atoms with E-state index in [2.05, 4.69) is 4.98 Å². The van der Waals surface area contributed by atoms with Gasteiger partial charge in [-0.15, -0.1) is 0 Å². The molecule has 2 heterocycles. The smallest absolute Gasteiger partial charge is 0.329 e. The molecule has 1 N–H and O–H groups in total. The Morgan fingerprint density at radius 3 is 3.00 bits per heavy atom. The SMILES string of the molecule is CCC1(C(=O)O)CCCN1c1ccncc1[N+](=O)[O-]. The number of aliphatic carboxylic acids is 1. The van der Waals surface area contributed by atoms with E-state index >= 15 is 0 Å². The second-order valence-corrected chi connectivity index (χ2v) is 4.57. The van der Waals surface area contributed by atoms with Gasteiger partial charge < -0.3 is 10.0 Å². The van der Waals surface area contributed by atoms with Crippen molar-refractivity contribution in [3.63, 3.8) is 0 Å². The Balaban J connectivity index is 2.52. The summed E-state index contributed by atoms with van der Waals surface area (Å²) in [5.41, 5.74) is -0.864. The third-order valence-corrected chi connectivity index (χ3v) is 3.74. The van der Waals surface area contributed by atoms with Crippen molar-refractivity contribution in [2.24, 2.45) is 0 Å². The summed E-state index contributed by atoms with van der Waals surface area (Å²) >= 11 is 0. The van der Waals surface area contributed by atoms with Crippen molar-refractivity contribution in [3.05, 3.63) is 28.6 Å². The van der Waals surface area contributed by atoms with E-state index in [0.717, 1.165) is 6.20 Å². The first-order valence-electron chi connectivity index (χ1n) is 6.12. The largest absolute Gasteiger partial charge is 0.479 e. The van der Waals surface area contributed by atoms with Gasteiger partial charge in [0.25, 0.3) is 0 Å². The van der Waals surface area contributed by atoms with Crippen molar-refractivity contribution in [1.29, 1.82) is 0 Å². The Hall–Kier alpha value is -2.18. The van der Waals surface area contributed by atoms with Gasteiger partial charge in [-0.05, 0) is 25.3 Å². The van der Waals surface area contributed by atoms with Gasteiger partial charge in [0, 0.05) is 12.7 Å². The van der Waals surface area contributed by atoms with Crippen LogP contribution in [-0.4, -0.2) is 33.1 Å². The number of rotatable bonds is 4. The molecule has 1 aliphatic rings. The molecule has 102 valence electrons. The van der Waals surface area contributed by atoms with E-state index in [1.54, 1.807) is 11.8 Å². The number of carboxylic acid groups (broad SMARTS) is 1. The van der Waals surface area contributed by atoms with Crippen molar-refractivity contribution < 1.29 is 14.8 Å². The van der Waals surface area contributed by atoms with Crippen LogP contribution in [0.25, 0.3) is 0 Å². The standard InChI is InChI=1S/C12H15N3O4/c1-2-12(11(16)17)5-3-7-14(12)9-4-6-13-8-10(9)15(18)19/h4,6,8H,2-3,5,7H2,1H3,(H,16,17). The average Bonchev–Trinajstić information content (AvgIpc) is 2.83. The molecule has 1 saturated heterocycles. The number of hydrogen-bond donors (Lipinski definition) is 1. The van der Waals surface area contributed by atoms with Crippen LogP contribution in [0.2, 0.25) is 0 Å². The highest BCUT2D eigenvalue weighted by molar-refractivity contribution is 5.85. The predicted octanol–water partition coefficient (Wildman–Crippen LogP) is 1.82. The molecule has 19 heavy (non-hydrogen) atoms. The van der Waals surface area contributed by atoms with E-state index in [4.69, 9.17) is 0 Å². The highest BCUT2D eigenvalue weighted by Gasteiger charge is 2.47. The first-order chi connectivity index (χ1) is 9.03. The van der Waals surface area contributed by atoms with Crippen LogP contribution in [0.5, 0.6) is 0 Å². The van der Waals surface area contributed by atoms with Gasteiger partial charge in [0.05, 0.1) is 4.92 Å². The fraction of sp³-hybridized carbons (Fsp3) is 0.500. The zero-order chi connectivity index (χ0) is 14.0. The Labute approximate surface area is 110 Å². The molecule has 1 fully saturated rings. The fourth-order valence-corrected chi connectivity index (χ4v) is 2.72. The zero-order valence-electron chi connectivity index (χ0n) is 10.6. The number of anilines is 1. The summed E-state index contributed by atoms with van der Waals surface area (Å²) in [4.78, 5) is 27.5. The van der Waals surface area contributed by atoms with Gasteiger partial charge in [-0.25, -0.2) is 4.79 Å². The maximum absolute atomic E-state index is 11.6. The van der Waals surface area contributed by atoms with E-state index in [0.29, 0.717) is 31.5 Å². The average molecular weight is 265 g/mol. The van der Waals surface area contributed by atoms with Crippen molar-refractivity contribution in [3.8, 4) is 0 Å². The van der Waals surface area contributed by atoms with Crippen LogP contribution in [0.1, 0.15) is 26.2 Å². The molecule has 0 bridgehead atoms. The van der Waals surface area contributed by atoms with E-state index < -0.39 is 16.4 Å². The minimum atomic E-state index is -1.05. The minimum absolute atomic E-state index is 0.150. The second kappa shape index (κ2) is 4.83. The molecule has 1 atom stereocenters. The molecule has 0 spiro atoms. The number of carboxylic acids is 1. The number of carbonyl (C=O) groups is 1. The number of pyridine rings is 1. The van der Waals surface area contributed by atoms with Gasteiger partial charge in [-0.3, -0.25) is 15.1 Å². The molecule has 0 radical (unpaired) electrons. The topological polar surface area (TPSA) is 96.6 Å². The molecule has 1 unspecified atom stereocenters. The van der Waals surface area contributed by atoms with Crippen molar-refractivity contribution in [2.75, 3.05) is 11.4 Å². The summed E-state index contributed by atoms with van der Waals surface area (Å²) in [5.74, 6) is -0.932. The van der Waals surface area contributed by atoms with Crippen LogP contribution >= 0.6 is 0 Å². The lowest BCUT2D eigenvalue weighted by molar-refractivity contribution is -0.384. The van der Waals surface area contributed by atoms with Crippen LogP contribution in [0.15, 0.2) is 18.5 Å². The minimum Gasteiger partial charge on any atom is -0.479 e. The summed E-state index contributed by atoms with van der Waals surface area (Å²) < 4.78 is 0. The lowest BCUT2D eigenvalue weighted by atomic mass is 9.92. The molecule has 7 nitrogen and oxygen atoms in total. The third-order valence-electron chi connectivity index (χ3n) is 3.74. The summed E-state index contributed by atoms with van der Waals surface area (Å²) in [6.07, 6.45) is 4.22. The van der Waals surface area contributed by atoms with Crippen molar-refractivity contribution in [2.45, 2.75) is 31.7 Å². The molecule has 0 aromatic carbocycles. The number of hydrogen-bond acceptors (Lipinski definition) is 5. The summed E-state index contributed by atoms with van der Waals surface area (Å²) in [7, 11) is 0. The first-order valence-corrected chi connectivity index (χ1v) is 6.12. The summed E-state index contributed by atoms with van der Waals surface area (Å²) in [6, 6.07) is 1.51. The van der Waals surface area contributed by atoms with Crippen LogP contribution in [0.3, 0.4) is 0 Å². The molecule has 0 aliphatic carbocycles. The Morgan fingerprint density at radius 1 is 1.68 bits per heavy atom. The predicted molar refractivity (Wildman–Crippen MR) is 68.1 cm³/mol. The lowest BCUT2D eigenvalue weighted by Crippen LogP contribution is -2.50. The normalized spacial score (nSPS) is 22.5. The number of nitrogens with zero attached hydrogens (tertiary/aromatic N) is 3. The molecule has 1 aromatic rings. The van der Waals surface area contributed by atoms with Gasteiger partial charge >= 0.3 is 11.7 Å². The van der Waals surface area contributed by atoms with Crippen molar-refractivity contribution >= 4 is 17.3 Å². The molecule has 1 aromatic heterocycles. The number of nitro groups is 1. The quantitative estimate of drug-likeness (QED) is 0.658. The van der Waals surface area contributed by atoms with E-state index in [1.165, 1.54) is 12.3 Å². The lowest BCUT2D eigenvalue weighted by Gasteiger charge is -2.35. The van der Waals surface area contributed by atoms with E-state index in [9.17, 15) is 20.0 Å². The second-order valence-electron chi connectivity index (χ2n) is 4.57. The maximum atomic E-state index is 11.6. The van der Waals surface area contributed by atoms with Crippen LogP contribution in [0, 0.1) is 10.1 Å².